The van der Waals surface area contributed by atoms with E-state index < -0.39 is 6.10 Å². The van der Waals surface area contributed by atoms with Gasteiger partial charge in [0.15, 0.2) is 5.69 Å². The lowest BCUT2D eigenvalue weighted by Crippen LogP contribution is -2.21. The van der Waals surface area contributed by atoms with E-state index in [-0.39, 0.29) is 18.8 Å². The summed E-state index contributed by atoms with van der Waals surface area (Å²) < 4.78 is 6.54. The van der Waals surface area contributed by atoms with Crippen molar-refractivity contribution in [1.82, 2.24) is 15.0 Å². The van der Waals surface area contributed by atoms with E-state index in [4.69, 9.17) is 15.1 Å². The lowest BCUT2D eigenvalue weighted by Gasteiger charge is -2.10. The lowest BCUT2D eigenvalue weighted by atomic mass is 10.1. The van der Waals surface area contributed by atoms with Gasteiger partial charge >= 0.3 is 0 Å². The number of methoxy groups -OCH3 is 1. The van der Waals surface area contributed by atoms with Crippen LogP contribution in [0.2, 0.25) is 0 Å². The van der Waals surface area contributed by atoms with Gasteiger partial charge in [0.2, 0.25) is 0 Å². The van der Waals surface area contributed by atoms with Crippen LogP contribution in [0.15, 0.2) is 24.3 Å². The lowest BCUT2D eigenvalue weighted by molar-refractivity contribution is 0.0782. The molecule has 0 aliphatic heterocycles. The largest absolute Gasteiger partial charge is 0.497 e. The summed E-state index contributed by atoms with van der Waals surface area (Å²) in [6.45, 7) is -0.336. The van der Waals surface area contributed by atoms with Crippen LogP contribution in [0.4, 0.5) is 0 Å². The van der Waals surface area contributed by atoms with Crippen molar-refractivity contribution in [3.8, 4) is 23.1 Å². The second-order valence-corrected chi connectivity index (χ2v) is 4.15. The molecule has 1 unspecified atom stereocenters. The van der Waals surface area contributed by atoms with Crippen LogP contribution in [-0.4, -0.2) is 45.0 Å². The summed E-state index contributed by atoms with van der Waals surface area (Å²) in [6.07, 6.45) is -0.965. The summed E-state index contributed by atoms with van der Waals surface area (Å²) in [5.41, 5.74) is 1.35. The normalized spacial score (nSPS) is 11.9. The fourth-order valence-electron chi connectivity index (χ4n) is 1.83. The molecular weight excluding hydrogens is 260 g/mol. The van der Waals surface area contributed by atoms with E-state index in [1.165, 1.54) is 4.68 Å². The molecule has 20 heavy (non-hydrogen) atoms. The number of nitrogens with zero attached hydrogens (tertiary/aromatic N) is 4. The van der Waals surface area contributed by atoms with Gasteiger partial charge < -0.3 is 14.9 Å². The first-order valence-corrected chi connectivity index (χ1v) is 5.96. The van der Waals surface area contributed by atoms with Crippen LogP contribution in [0.5, 0.6) is 5.75 Å². The van der Waals surface area contributed by atoms with E-state index >= 15 is 0 Å². The minimum atomic E-state index is -0.965. The molecule has 0 saturated carbocycles. The van der Waals surface area contributed by atoms with E-state index in [9.17, 15) is 5.11 Å². The standard InChI is InChI=1S/C13H14N4O3/c1-20-11-4-2-3-9(5-11)13-12(6-14)15-16-17(13)7-10(19)8-18/h2-5,10,18-19H,7-8H2,1H3. The van der Waals surface area contributed by atoms with Gasteiger partial charge in [-0.15, -0.1) is 5.10 Å². The Morgan fingerprint density at radius 2 is 2.30 bits per heavy atom. The highest BCUT2D eigenvalue weighted by Crippen LogP contribution is 2.25. The molecule has 2 rings (SSSR count). The summed E-state index contributed by atoms with van der Waals surface area (Å²) in [6, 6.07) is 9.08. The van der Waals surface area contributed by atoms with Crippen molar-refractivity contribution in [2.24, 2.45) is 0 Å². The zero-order valence-corrected chi connectivity index (χ0v) is 10.9. The zero-order valence-electron chi connectivity index (χ0n) is 10.9. The van der Waals surface area contributed by atoms with Gasteiger partial charge in [-0.05, 0) is 12.1 Å². The van der Waals surface area contributed by atoms with Gasteiger partial charge in [0.25, 0.3) is 0 Å². The topological polar surface area (TPSA) is 104 Å². The number of nitriles is 1. The Morgan fingerprint density at radius 1 is 1.50 bits per heavy atom. The molecule has 0 spiro atoms. The average Bonchev–Trinajstić information content (AvgIpc) is 2.89. The van der Waals surface area contributed by atoms with Crippen molar-refractivity contribution in [2.45, 2.75) is 12.6 Å². The molecule has 0 saturated heterocycles. The number of hydrogen-bond donors (Lipinski definition) is 2. The molecule has 0 amide bonds. The maximum Gasteiger partial charge on any atom is 0.190 e. The number of hydrogen-bond acceptors (Lipinski definition) is 6. The molecule has 0 radical (unpaired) electrons. The van der Waals surface area contributed by atoms with Crippen LogP contribution in [-0.2, 0) is 6.54 Å². The Morgan fingerprint density at radius 3 is 2.95 bits per heavy atom. The highest BCUT2D eigenvalue weighted by atomic mass is 16.5. The summed E-state index contributed by atoms with van der Waals surface area (Å²) in [7, 11) is 1.55. The van der Waals surface area contributed by atoms with Gasteiger partial charge in [-0.3, -0.25) is 0 Å². The second kappa shape index (κ2) is 6.14. The number of aliphatic hydroxyl groups is 2. The molecule has 104 valence electrons. The molecule has 0 aliphatic carbocycles. The molecular formula is C13H14N4O3. The number of ether oxygens (including phenoxy) is 1. The molecule has 1 aromatic carbocycles. The Labute approximate surface area is 115 Å². The van der Waals surface area contributed by atoms with Crippen LogP contribution in [0, 0.1) is 11.3 Å². The van der Waals surface area contributed by atoms with Gasteiger partial charge in [0.05, 0.1) is 26.4 Å². The van der Waals surface area contributed by atoms with Crippen LogP contribution in [0.25, 0.3) is 11.3 Å². The molecule has 1 aromatic heterocycles. The fraction of sp³-hybridized carbons (Fsp3) is 0.308. The molecule has 1 heterocycles. The maximum atomic E-state index is 9.52. The van der Waals surface area contributed by atoms with Crippen molar-refractivity contribution in [2.75, 3.05) is 13.7 Å². The van der Waals surface area contributed by atoms with Gasteiger partial charge in [-0.25, -0.2) is 4.68 Å². The summed E-state index contributed by atoms with van der Waals surface area (Å²) >= 11 is 0. The molecule has 2 N–H and O–H groups in total. The van der Waals surface area contributed by atoms with Gasteiger partial charge in [0, 0.05) is 5.56 Å². The van der Waals surface area contributed by atoms with Gasteiger partial charge in [0.1, 0.15) is 17.5 Å². The minimum absolute atomic E-state index is 0.0533. The molecule has 2 aromatic rings. The van der Waals surface area contributed by atoms with E-state index in [2.05, 4.69) is 10.3 Å². The molecule has 7 nitrogen and oxygen atoms in total. The molecule has 0 aliphatic rings. The van der Waals surface area contributed by atoms with E-state index in [1.54, 1.807) is 31.4 Å². The third-order valence-electron chi connectivity index (χ3n) is 2.78. The number of aliphatic hydroxyl groups excluding tert-OH is 2. The molecule has 1 atom stereocenters. The number of aromatic nitrogens is 3. The average molecular weight is 274 g/mol. The predicted octanol–water partition coefficient (Wildman–Crippen LogP) is 0.179. The SMILES string of the molecule is COc1cccc(-c2c(C#N)nnn2CC(O)CO)c1. The van der Waals surface area contributed by atoms with E-state index in [0.717, 1.165) is 0 Å². The quantitative estimate of drug-likeness (QED) is 0.806. The Balaban J connectivity index is 2.47. The third kappa shape index (κ3) is 2.77. The Bertz CT molecular complexity index is 633. The summed E-state index contributed by atoms with van der Waals surface area (Å²) in [5.74, 6) is 0.641. The van der Waals surface area contributed by atoms with Crippen molar-refractivity contribution in [3.63, 3.8) is 0 Å². The van der Waals surface area contributed by atoms with Crippen LogP contribution >= 0.6 is 0 Å². The van der Waals surface area contributed by atoms with E-state index in [0.29, 0.717) is 17.0 Å². The smallest absolute Gasteiger partial charge is 0.190 e. The predicted molar refractivity (Wildman–Crippen MR) is 69.8 cm³/mol. The zero-order chi connectivity index (χ0) is 14.5. The Kier molecular flexibility index (Phi) is 4.30. The molecule has 0 bridgehead atoms. The Hall–Kier alpha value is -2.43. The number of rotatable bonds is 5. The summed E-state index contributed by atoms with van der Waals surface area (Å²) in [5, 5.41) is 35.1. The van der Waals surface area contributed by atoms with Crippen molar-refractivity contribution in [1.29, 1.82) is 5.26 Å². The fourth-order valence-corrected chi connectivity index (χ4v) is 1.83. The van der Waals surface area contributed by atoms with Gasteiger partial charge in [-0.1, -0.05) is 17.3 Å². The highest BCUT2D eigenvalue weighted by molar-refractivity contribution is 5.66. The maximum absolute atomic E-state index is 9.52. The van der Waals surface area contributed by atoms with Crippen LogP contribution < -0.4 is 4.74 Å². The first-order chi connectivity index (χ1) is 9.69. The van der Waals surface area contributed by atoms with Crippen LogP contribution in [0.1, 0.15) is 5.69 Å². The molecule has 7 heteroatoms. The van der Waals surface area contributed by atoms with E-state index in [1.807, 2.05) is 6.07 Å². The first kappa shape index (κ1) is 14.0. The second-order valence-electron chi connectivity index (χ2n) is 4.15. The minimum Gasteiger partial charge on any atom is -0.497 e. The van der Waals surface area contributed by atoms with Crippen LogP contribution in [0.3, 0.4) is 0 Å². The third-order valence-corrected chi connectivity index (χ3v) is 2.78. The van der Waals surface area contributed by atoms with Crippen molar-refractivity contribution < 1.29 is 14.9 Å². The monoisotopic (exact) mass is 274 g/mol. The highest BCUT2D eigenvalue weighted by Gasteiger charge is 2.17. The van der Waals surface area contributed by atoms with Crippen molar-refractivity contribution >= 4 is 0 Å². The first-order valence-electron chi connectivity index (χ1n) is 5.96. The van der Waals surface area contributed by atoms with Crippen molar-refractivity contribution in [3.05, 3.63) is 30.0 Å². The number of benzene rings is 1. The van der Waals surface area contributed by atoms with Gasteiger partial charge in [-0.2, -0.15) is 5.26 Å². The molecule has 0 fully saturated rings. The summed E-state index contributed by atoms with van der Waals surface area (Å²) in [4.78, 5) is 0.